The standard InChI is InChI=1S/C70H127NO3/c1-3-5-7-9-11-13-15-17-19-21-23-25-27-29-31-32-33-34-35-36-37-38-40-42-44-46-48-50-52-54-56-58-60-62-64-66-70(74)71-68(67-72)69(73)65-63-61-59-57-55-53-51-49-47-45-43-41-39-30-28-26-24-22-20-18-16-14-12-10-8-6-4-2/h5,7,11,13,17,19,23,25,29,31,33-34,36-37,68-69,72-73H,3-4,6,8-10,12,14-16,18,20-22,24,26-28,30,32,35,38-67H2,1-2H3,(H,71,74)/b7-5-,13-11-,19-17-,25-23-,31-29-,34-33-,37-36-. The molecule has 0 aromatic heterocycles. The Morgan fingerprint density at radius 1 is 0.338 bits per heavy atom. The molecule has 0 aromatic rings. The third-order valence-electron chi connectivity index (χ3n) is 14.9. The number of carbonyl (C=O) groups is 1. The first-order valence-corrected chi connectivity index (χ1v) is 32.8. The summed E-state index contributed by atoms with van der Waals surface area (Å²) in [5, 5.41) is 23.4. The van der Waals surface area contributed by atoms with Gasteiger partial charge in [-0.1, -0.05) is 343 Å². The first kappa shape index (κ1) is 71.6. The molecule has 0 aliphatic rings. The summed E-state index contributed by atoms with van der Waals surface area (Å²) in [4.78, 5) is 12.5. The lowest BCUT2D eigenvalue weighted by Gasteiger charge is -2.22. The second-order valence-electron chi connectivity index (χ2n) is 22.2. The fraction of sp³-hybridized carbons (Fsp3) is 0.786. The number of allylic oxidation sites excluding steroid dienone is 14. The lowest BCUT2D eigenvalue weighted by molar-refractivity contribution is -0.123. The van der Waals surface area contributed by atoms with Crippen LogP contribution in [0.25, 0.3) is 0 Å². The lowest BCUT2D eigenvalue weighted by Crippen LogP contribution is -2.45. The molecule has 3 N–H and O–H groups in total. The molecule has 0 saturated heterocycles. The number of aliphatic hydroxyl groups is 2. The van der Waals surface area contributed by atoms with Gasteiger partial charge >= 0.3 is 0 Å². The Balaban J connectivity index is 3.47. The number of carbonyl (C=O) groups excluding carboxylic acids is 1. The number of amides is 1. The van der Waals surface area contributed by atoms with Gasteiger partial charge in [0.1, 0.15) is 0 Å². The van der Waals surface area contributed by atoms with Crippen LogP contribution in [0, 0.1) is 0 Å². The third-order valence-corrected chi connectivity index (χ3v) is 14.9. The Kier molecular flexibility index (Phi) is 62.7. The van der Waals surface area contributed by atoms with Crippen LogP contribution in [0.2, 0.25) is 0 Å². The molecule has 2 unspecified atom stereocenters. The highest BCUT2D eigenvalue weighted by Gasteiger charge is 2.20. The normalized spacial score (nSPS) is 13.3. The molecular weight excluding hydrogens is 903 g/mol. The molecular formula is C70H127NO3. The van der Waals surface area contributed by atoms with Crippen LogP contribution in [0.15, 0.2) is 85.1 Å². The number of aliphatic hydroxyl groups excluding tert-OH is 2. The summed E-state index contributed by atoms with van der Waals surface area (Å²) in [6, 6.07) is -0.543. The van der Waals surface area contributed by atoms with Gasteiger partial charge in [-0.05, 0) is 70.6 Å². The van der Waals surface area contributed by atoms with Crippen LogP contribution in [0.4, 0.5) is 0 Å². The van der Waals surface area contributed by atoms with E-state index in [1.54, 1.807) is 0 Å². The van der Waals surface area contributed by atoms with E-state index < -0.39 is 12.1 Å². The molecule has 430 valence electrons. The van der Waals surface area contributed by atoms with Crippen molar-refractivity contribution < 1.29 is 15.0 Å². The number of rotatable bonds is 60. The minimum atomic E-state index is -0.666. The van der Waals surface area contributed by atoms with E-state index in [1.165, 1.54) is 238 Å². The van der Waals surface area contributed by atoms with Gasteiger partial charge in [-0.2, -0.15) is 0 Å². The van der Waals surface area contributed by atoms with Gasteiger partial charge in [-0.3, -0.25) is 4.79 Å². The molecule has 0 spiro atoms. The van der Waals surface area contributed by atoms with E-state index >= 15 is 0 Å². The van der Waals surface area contributed by atoms with E-state index in [1.807, 2.05) is 0 Å². The van der Waals surface area contributed by atoms with Crippen molar-refractivity contribution in [2.24, 2.45) is 0 Å². The number of hydrogen-bond donors (Lipinski definition) is 3. The van der Waals surface area contributed by atoms with Crippen molar-refractivity contribution in [2.45, 2.75) is 347 Å². The average molecular weight is 1030 g/mol. The summed E-state index contributed by atoms with van der Waals surface area (Å²) < 4.78 is 0. The Bertz CT molecular complexity index is 1310. The topological polar surface area (TPSA) is 69.6 Å². The summed E-state index contributed by atoms with van der Waals surface area (Å²) in [6.45, 7) is 4.27. The SMILES string of the molecule is CC/C=C\C/C=C\C/C=C\C/C=C\C/C=C\C/C=C\C/C=C\CCCCCCCCCCCCCCCC(=O)NC(CO)C(O)CCCCCCCCCCCCCCCCCCCCCCCCCCCCC. The van der Waals surface area contributed by atoms with Crippen LogP contribution < -0.4 is 5.32 Å². The van der Waals surface area contributed by atoms with Gasteiger partial charge in [0.05, 0.1) is 18.8 Å². The van der Waals surface area contributed by atoms with Gasteiger partial charge in [0, 0.05) is 6.42 Å². The van der Waals surface area contributed by atoms with Crippen molar-refractivity contribution in [3.05, 3.63) is 85.1 Å². The Morgan fingerprint density at radius 3 is 0.892 bits per heavy atom. The molecule has 4 heteroatoms. The molecule has 1 amide bonds. The maximum absolute atomic E-state index is 12.5. The lowest BCUT2D eigenvalue weighted by atomic mass is 10.0. The zero-order valence-electron chi connectivity index (χ0n) is 49.6. The highest BCUT2D eigenvalue weighted by molar-refractivity contribution is 5.76. The van der Waals surface area contributed by atoms with Crippen LogP contribution >= 0.6 is 0 Å². The molecule has 0 aliphatic carbocycles. The molecule has 74 heavy (non-hydrogen) atoms. The van der Waals surface area contributed by atoms with E-state index in [9.17, 15) is 15.0 Å². The maximum Gasteiger partial charge on any atom is 0.220 e. The van der Waals surface area contributed by atoms with Crippen LogP contribution in [-0.2, 0) is 4.79 Å². The molecule has 0 fully saturated rings. The third kappa shape index (κ3) is 60.4. The highest BCUT2D eigenvalue weighted by Crippen LogP contribution is 2.18. The molecule has 4 nitrogen and oxygen atoms in total. The zero-order valence-corrected chi connectivity index (χ0v) is 49.6. The minimum Gasteiger partial charge on any atom is -0.394 e. The molecule has 0 saturated carbocycles. The van der Waals surface area contributed by atoms with Crippen LogP contribution in [0.1, 0.15) is 335 Å². The predicted octanol–water partition coefficient (Wildman–Crippen LogP) is 22.3. The van der Waals surface area contributed by atoms with Gasteiger partial charge < -0.3 is 15.5 Å². The first-order chi connectivity index (χ1) is 36.7. The van der Waals surface area contributed by atoms with Crippen molar-refractivity contribution in [3.8, 4) is 0 Å². The van der Waals surface area contributed by atoms with E-state index in [4.69, 9.17) is 0 Å². The molecule has 0 aliphatic heterocycles. The molecule has 0 bridgehead atoms. The van der Waals surface area contributed by atoms with Crippen molar-refractivity contribution in [1.82, 2.24) is 5.32 Å². The van der Waals surface area contributed by atoms with Gasteiger partial charge in [0.25, 0.3) is 0 Å². The monoisotopic (exact) mass is 1030 g/mol. The smallest absolute Gasteiger partial charge is 0.220 e. The van der Waals surface area contributed by atoms with Gasteiger partial charge in [0.2, 0.25) is 5.91 Å². The molecule has 2 atom stereocenters. The fourth-order valence-electron chi connectivity index (χ4n) is 9.99. The second kappa shape index (κ2) is 64.9. The molecule has 0 rings (SSSR count). The van der Waals surface area contributed by atoms with Crippen molar-refractivity contribution in [2.75, 3.05) is 6.61 Å². The van der Waals surface area contributed by atoms with Crippen LogP contribution in [-0.4, -0.2) is 34.9 Å². The summed E-state index contributed by atoms with van der Waals surface area (Å²) >= 11 is 0. The Hall–Kier alpha value is -2.43. The Labute approximate surface area is 462 Å². The van der Waals surface area contributed by atoms with Gasteiger partial charge in [0.15, 0.2) is 0 Å². The largest absolute Gasteiger partial charge is 0.394 e. The predicted molar refractivity (Wildman–Crippen MR) is 331 cm³/mol. The number of nitrogens with one attached hydrogen (secondary N) is 1. The second-order valence-corrected chi connectivity index (χ2v) is 22.2. The summed E-state index contributed by atoms with van der Waals surface area (Å²) in [5.41, 5.74) is 0. The summed E-state index contributed by atoms with van der Waals surface area (Å²) in [5.74, 6) is -0.0309. The molecule has 0 heterocycles. The fourth-order valence-corrected chi connectivity index (χ4v) is 9.99. The first-order valence-electron chi connectivity index (χ1n) is 32.8. The van der Waals surface area contributed by atoms with Crippen molar-refractivity contribution >= 4 is 5.91 Å². The Morgan fingerprint density at radius 2 is 0.595 bits per heavy atom. The summed E-state index contributed by atoms with van der Waals surface area (Å²) in [6.07, 6.45) is 94.6. The van der Waals surface area contributed by atoms with Gasteiger partial charge in [-0.25, -0.2) is 0 Å². The molecule has 0 radical (unpaired) electrons. The van der Waals surface area contributed by atoms with E-state index in [0.29, 0.717) is 12.8 Å². The summed E-state index contributed by atoms with van der Waals surface area (Å²) in [7, 11) is 0. The van der Waals surface area contributed by atoms with Crippen LogP contribution in [0.3, 0.4) is 0 Å². The maximum atomic E-state index is 12.5. The number of unbranched alkanes of at least 4 members (excludes halogenated alkanes) is 39. The minimum absolute atomic E-state index is 0.0309. The zero-order chi connectivity index (χ0) is 53.4. The van der Waals surface area contributed by atoms with Crippen LogP contribution in [0.5, 0.6) is 0 Å². The number of hydrogen-bond acceptors (Lipinski definition) is 3. The van der Waals surface area contributed by atoms with Crippen molar-refractivity contribution in [3.63, 3.8) is 0 Å². The highest BCUT2D eigenvalue weighted by atomic mass is 16.3. The van der Waals surface area contributed by atoms with Crippen molar-refractivity contribution in [1.29, 1.82) is 0 Å². The van der Waals surface area contributed by atoms with E-state index in [0.717, 1.165) is 70.6 Å². The quantitative estimate of drug-likeness (QED) is 0.0420. The van der Waals surface area contributed by atoms with E-state index in [2.05, 4.69) is 104 Å². The average Bonchev–Trinajstić information content (AvgIpc) is 3.40. The van der Waals surface area contributed by atoms with Gasteiger partial charge in [-0.15, -0.1) is 0 Å². The van der Waals surface area contributed by atoms with E-state index in [-0.39, 0.29) is 12.5 Å². The molecule has 0 aromatic carbocycles.